The lowest BCUT2D eigenvalue weighted by Crippen LogP contribution is -2.48. The second-order valence-corrected chi connectivity index (χ2v) is 5.48. The first-order valence-corrected chi connectivity index (χ1v) is 7.36. The summed E-state index contributed by atoms with van der Waals surface area (Å²) in [6.07, 6.45) is 8.00. The number of carbonyl (C=O) groups is 1. The van der Waals surface area contributed by atoms with Gasteiger partial charge in [0.05, 0.1) is 5.60 Å². The van der Waals surface area contributed by atoms with E-state index in [9.17, 15) is 9.90 Å². The summed E-state index contributed by atoms with van der Waals surface area (Å²) in [7, 11) is 0. The Labute approximate surface area is 111 Å². The molecule has 1 fully saturated rings. The van der Waals surface area contributed by atoms with Gasteiger partial charge in [-0.2, -0.15) is 0 Å². The maximum absolute atomic E-state index is 11.7. The number of amides is 2. The molecule has 0 aromatic rings. The zero-order valence-corrected chi connectivity index (χ0v) is 11.8. The topological polar surface area (TPSA) is 61.4 Å². The Morgan fingerprint density at radius 2 is 1.72 bits per heavy atom. The summed E-state index contributed by atoms with van der Waals surface area (Å²) in [4.78, 5) is 11.7. The molecular formula is C14H28N2O2. The van der Waals surface area contributed by atoms with E-state index in [1.807, 2.05) is 0 Å². The van der Waals surface area contributed by atoms with Crippen molar-refractivity contribution < 1.29 is 9.90 Å². The molecule has 0 heterocycles. The van der Waals surface area contributed by atoms with E-state index in [1.165, 1.54) is 12.8 Å². The van der Waals surface area contributed by atoms with Crippen molar-refractivity contribution in [1.29, 1.82) is 0 Å². The molecule has 0 aromatic carbocycles. The molecule has 1 aliphatic carbocycles. The van der Waals surface area contributed by atoms with Crippen LogP contribution in [0, 0.1) is 0 Å². The normalized spacial score (nSPS) is 19.3. The van der Waals surface area contributed by atoms with E-state index in [0.29, 0.717) is 6.54 Å². The summed E-state index contributed by atoms with van der Waals surface area (Å²) in [5.74, 6) is 0. The molecule has 0 atom stereocenters. The Morgan fingerprint density at radius 3 is 2.22 bits per heavy atom. The minimum absolute atomic E-state index is 0.152. The van der Waals surface area contributed by atoms with Gasteiger partial charge >= 0.3 is 6.03 Å². The lowest BCUT2D eigenvalue weighted by atomic mass is 9.94. The molecule has 106 valence electrons. The fraction of sp³-hybridized carbons (Fsp3) is 0.929. The van der Waals surface area contributed by atoms with Crippen LogP contribution in [-0.4, -0.2) is 29.3 Å². The third-order valence-corrected chi connectivity index (χ3v) is 3.93. The predicted octanol–water partition coefficient (Wildman–Crippen LogP) is 2.56. The molecule has 0 radical (unpaired) electrons. The van der Waals surface area contributed by atoms with Crippen molar-refractivity contribution in [2.24, 2.45) is 0 Å². The largest absolute Gasteiger partial charge is 0.388 e. The first-order valence-electron chi connectivity index (χ1n) is 7.36. The molecule has 18 heavy (non-hydrogen) atoms. The van der Waals surface area contributed by atoms with Gasteiger partial charge in [0.1, 0.15) is 0 Å². The van der Waals surface area contributed by atoms with Gasteiger partial charge in [0.2, 0.25) is 0 Å². The first kappa shape index (κ1) is 15.3. The van der Waals surface area contributed by atoms with Crippen LogP contribution in [-0.2, 0) is 0 Å². The van der Waals surface area contributed by atoms with E-state index in [0.717, 1.165) is 38.5 Å². The average Bonchev–Trinajstić information content (AvgIpc) is 2.59. The highest BCUT2D eigenvalue weighted by Crippen LogP contribution is 2.26. The second kappa shape index (κ2) is 7.62. The van der Waals surface area contributed by atoms with E-state index >= 15 is 0 Å². The van der Waals surface area contributed by atoms with Crippen LogP contribution in [0.4, 0.5) is 4.79 Å². The summed E-state index contributed by atoms with van der Waals surface area (Å²) in [6.45, 7) is 4.50. The smallest absolute Gasteiger partial charge is 0.315 e. The van der Waals surface area contributed by atoms with Crippen molar-refractivity contribution in [2.45, 2.75) is 76.9 Å². The number of aliphatic hydroxyl groups is 1. The lowest BCUT2D eigenvalue weighted by Gasteiger charge is -2.27. The fourth-order valence-electron chi connectivity index (χ4n) is 2.54. The maximum atomic E-state index is 11.7. The number of carbonyl (C=O) groups excluding carboxylic acids is 1. The van der Waals surface area contributed by atoms with Crippen molar-refractivity contribution in [3.8, 4) is 0 Å². The van der Waals surface area contributed by atoms with E-state index in [4.69, 9.17) is 0 Å². The van der Waals surface area contributed by atoms with Crippen LogP contribution in [0.2, 0.25) is 0 Å². The molecule has 4 nitrogen and oxygen atoms in total. The molecule has 1 aliphatic rings. The van der Waals surface area contributed by atoms with E-state index in [-0.39, 0.29) is 12.1 Å². The molecule has 2 amide bonds. The predicted molar refractivity (Wildman–Crippen MR) is 73.6 cm³/mol. The maximum Gasteiger partial charge on any atom is 0.315 e. The lowest BCUT2D eigenvalue weighted by molar-refractivity contribution is 0.0276. The summed E-state index contributed by atoms with van der Waals surface area (Å²) in [5, 5.41) is 16.2. The number of nitrogens with one attached hydrogen (secondary N) is 2. The zero-order chi connectivity index (χ0) is 13.4. The van der Waals surface area contributed by atoms with Crippen LogP contribution in [0.5, 0.6) is 0 Å². The molecule has 0 bridgehead atoms. The van der Waals surface area contributed by atoms with Gasteiger partial charge in [-0.1, -0.05) is 39.5 Å². The van der Waals surface area contributed by atoms with Crippen molar-refractivity contribution in [3.63, 3.8) is 0 Å². The van der Waals surface area contributed by atoms with Crippen molar-refractivity contribution >= 4 is 6.03 Å². The quantitative estimate of drug-likeness (QED) is 0.662. The SMILES string of the molecule is CCC(CC)NC(=O)NCC1(O)CCCCCC1. The highest BCUT2D eigenvalue weighted by Gasteiger charge is 2.28. The van der Waals surface area contributed by atoms with Crippen molar-refractivity contribution in [3.05, 3.63) is 0 Å². The minimum Gasteiger partial charge on any atom is -0.388 e. The molecule has 1 saturated carbocycles. The number of urea groups is 1. The van der Waals surface area contributed by atoms with Gasteiger partial charge in [-0.25, -0.2) is 4.79 Å². The van der Waals surface area contributed by atoms with Gasteiger partial charge < -0.3 is 15.7 Å². The molecule has 0 aliphatic heterocycles. The van der Waals surface area contributed by atoms with Crippen LogP contribution in [0.15, 0.2) is 0 Å². The Kier molecular flexibility index (Phi) is 6.47. The van der Waals surface area contributed by atoms with Crippen molar-refractivity contribution in [2.75, 3.05) is 6.54 Å². The van der Waals surface area contributed by atoms with E-state index in [2.05, 4.69) is 24.5 Å². The van der Waals surface area contributed by atoms with Gasteiger partial charge in [0.25, 0.3) is 0 Å². The van der Waals surface area contributed by atoms with E-state index < -0.39 is 5.60 Å². The molecule has 0 aromatic heterocycles. The number of rotatable bonds is 5. The third kappa shape index (κ3) is 5.25. The third-order valence-electron chi connectivity index (χ3n) is 3.93. The molecule has 4 heteroatoms. The molecule has 0 saturated heterocycles. The zero-order valence-electron chi connectivity index (χ0n) is 11.8. The fourth-order valence-corrected chi connectivity index (χ4v) is 2.54. The van der Waals surface area contributed by atoms with Gasteiger partial charge in [0, 0.05) is 12.6 Å². The van der Waals surface area contributed by atoms with Gasteiger partial charge in [-0.15, -0.1) is 0 Å². The van der Waals surface area contributed by atoms with Crippen LogP contribution in [0.1, 0.15) is 65.2 Å². The van der Waals surface area contributed by atoms with E-state index in [1.54, 1.807) is 0 Å². The Hall–Kier alpha value is -0.770. The van der Waals surface area contributed by atoms with Crippen molar-refractivity contribution in [1.82, 2.24) is 10.6 Å². The number of hydrogen-bond acceptors (Lipinski definition) is 2. The first-order chi connectivity index (χ1) is 8.59. The average molecular weight is 256 g/mol. The molecule has 0 unspecified atom stereocenters. The summed E-state index contributed by atoms with van der Waals surface area (Å²) in [6, 6.07) is 0.0788. The van der Waals surface area contributed by atoms with Gasteiger partial charge in [-0.05, 0) is 25.7 Å². The summed E-state index contributed by atoms with van der Waals surface area (Å²) in [5.41, 5.74) is -0.693. The minimum atomic E-state index is -0.693. The second-order valence-electron chi connectivity index (χ2n) is 5.48. The Balaban J connectivity index is 2.31. The summed E-state index contributed by atoms with van der Waals surface area (Å²) >= 11 is 0. The van der Waals surface area contributed by atoms with Crippen LogP contribution in [0.25, 0.3) is 0 Å². The Bertz CT molecular complexity index is 244. The molecule has 1 rings (SSSR count). The number of hydrogen-bond donors (Lipinski definition) is 3. The van der Waals surface area contributed by atoms with Crippen LogP contribution < -0.4 is 10.6 Å². The standard InChI is InChI=1S/C14H28N2O2/c1-3-12(4-2)16-13(17)15-11-14(18)9-7-5-6-8-10-14/h12,18H,3-11H2,1-2H3,(H2,15,16,17). The van der Waals surface area contributed by atoms with Crippen LogP contribution in [0.3, 0.4) is 0 Å². The molecule has 3 N–H and O–H groups in total. The summed E-state index contributed by atoms with van der Waals surface area (Å²) < 4.78 is 0. The van der Waals surface area contributed by atoms with Gasteiger partial charge in [-0.3, -0.25) is 0 Å². The monoisotopic (exact) mass is 256 g/mol. The highest BCUT2D eigenvalue weighted by molar-refractivity contribution is 5.74. The van der Waals surface area contributed by atoms with Crippen LogP contribution >= 0.6 is 0 Å². The highest BCUT2D eigenvalue weighted by atomic mass is 16.3. The molecule has 0 spiro atoms. The Morgan fingerprint density at radius 1 is 1.17 bits per heavy atom. The van der Waals surface area contributed by atoms with Gasteiger partial charge in [0.15, 0.2) is 0 Å². The molecular weight excluding hydrogens is 228 g/mol.